The molecule has 8 nitrogen and oxygen atoms in total. The number of benzene rings is 1. The lowest BCUT2D eigenvalue weighted by atomic mass is 9.82. The third-order valence-corrected chi connectivity index (χ3v) is 9.18. The lowest BCUT2D eigenvalue weighted by Gasteiger charge is -2.28. The molecule has 2 aromatic heterocycles. The fraction of sp³-hybridized carbons (Fsp3) is 0.500. The summed E-state index contributed by atoms with van der Waals surface area (Å²) in [7, 11) is -3.38. The van der Waals surface area contributed by atoms with E-state index in [-0.39, 0.29) is 0 Å². The fourth-order valence-electron chi connectivity index (χ4n) is 4.36. The van der Waals surface area contributed by atoms with E-state index in [1.54, 1.807) is 17.5 Å². The second-order valence-corrected chi connectivity index (χ2v) is 11.8. The van der Waals surface area contributed by atoms with Gasteiger partial charge in [0.25, 0.3) is 0 Å². The summed E-state index contributed by atoms with van der Waals surface area (Å²) >= 11 is 1.25. The molecule has 0 aliphatic heterocycles. The third kappa shape index (κ3) is 6.65. The van der Waals surface area contributed by atoms with Crippen molar-refractivity contribution in [2.24, 2.45) is 17.6 Å². The molecule has 3 aromatic rings. The molecular weight excluding hydrogens is 468 g/mol. The minimum absolute atomic E-state index is 0.382. The van der Waals surface area contributed by atoms with E-state index in [2.05, 4.69) is 15.4 Å². The normalized spacial score (nSPS) is 18.7. The summed E-state index contributed by atoms with van der Waals surface area (Å²) in [6, 6.07) is 11.4. The minimum atomic E-state index is -3.38. The highest BCUT2D eigenvalue weighted by Crippen LogP contribution is 2.29. The van der Waals surface area contributed by atoms with Crippen molar-refractivity contribution in [3.05, 3.63) is 41.8 Å². The van der Waals surface area contributed by atoms with Gasteiger partial charge >= 0.3 is 0 Å². The lowest BCUT2D eigenvalue weighted by molar-refractivity contribution is 0.284. The lowest BCUT2D eigenvalue weighted by Crippen LogP contribution is -2.32. The SMILES string of the molecule is NCCCCNc1nc(NC[C@H]2CC[C@H](CNS(=O)(=O)c3cccs3)CC2)nc2ccccc12. The Kier molecular flexibility index (Phi) is 8.71. The van der Waals surface area contributed by atoms with Gasteiger partial charge in [0.15, 0.2) is 0 Å². The number of thiophene rings is 1. The quantitative estimate of drug-likeness (QED) is 0.276. The molecule has 184 valence electrons. The molecule has 0 atom stereocenters. The molecule has 0 unspecified atom stereocenters. The van der Waals surface area contributed by atoms with E-state index >= 15 is 0 Å². The Morgan fingerprint density at radius 1 is 0.941 bits per heavy atom. The molecule has 34 heavy (non-hydrogen) atoms. The number of nitrogens with zero attached hydrogens (tertiary/aromatic N) is 2. The molecule has 1 saturated carbocycles. The van der Waals surface area contributed by atoms with Crippen LogP contribution < -0.4 is 21.1 Å². The molecule has 1 aromatic carbocycles. The van der Waals surface area contributed by atoms with Gasteiger partial charge in [0.2, 0.25) is 16.0 Å². The van der Waals surface area contributed by atoms with Crippen LogP contribution in [0.1, 0.15) is 38.5 Å². The average molecular weight is 503 g/mol. The van der Waals surface area contributed by atoms with Gasteiger partial charge in [-0.2, -0.15) is 4.98 Å². The highest BCUT2D eigenvalue weighted by molar-refractivity contribution is 7.91. The van der Waals surface area contributed by atoms with Crippen LogP contribution in [-0.4, -0.2) is 44.6 Å². The first-order valence-electron chi connectivity index (χ1n) is 12.0. The van der Waals surface area contributed by atoms with Crippen molar-refractivity contribution in [3.63, 3.8) is 0 Å². The van der Waals surface area contributed by atoms with Crippen LogP contribution in [0.5, 0.6) is 0 Å². The second-order valence-electron chi connectivity index (χ2n) is 8.89. The Hall–Kier alpha value is -2.27. The molecule has 0 bridgehead atoms. The summed E-state index contributed by atoms with van der Waals surface area (Å²) < 4.78 is 27.9. The van der Waals surface area contributed by atoms with Crippen LogP contribution in [0.25, 0.3) is 10.9 Å². The van der Waals surface area contributed by atoms with Gasteiger partial charge in [-0.05, 0) is 80.5 Å². The maximum atomic E-state index is 12.3. The summed E-state index contributed by atoms with van der Waals surface area (Å²) in [5, 5.41) is 9.69. The van der Waals surface area contributed by atoms with Crippen molar-refractivity contribution in [3.8, 4) is 0 Å². The molecule has 0 radical (unpaired) electrons. The molecule has 2 heterocycles. The Morgan fingerprint density at radius 3 is 2.44 bits per heavy atom. The van der Waals surface area contributed by atoms with Gasteiger partial charge in [0.1, 0.15) is 10.0 Å². The maximum Gasteiger partial charge on any atom is 0.250 e. The van der Waals surface area contributed by atoms with Gasteiger partial charge in [0, 0.05) is 25.0 Å². The molecule has 1 aliphatic carbocycles. The van der Waals surface area contributed by atoms with E-state index in [9.17, 15) is 8.42 Å². The molecule has 0 amide bonds. The molecule has 10 heteroatoms. The average Bonchev–Trinajstić information content (AvgIpc) is 3.41. The number of para-hydroxylation sites is 1. The molecule has 1 fully saturated rings. The predicted molar refractivity (Wildman–Crippen MR) is 140 cm³/mol. The Morgan fingerprint density at radius 2 is 1.71 bits per heavy atom. The van der Waals surface area contributed by atoms with Crippen molar-refractivity contribution in [1.82, 2.24) is 14.7 Å². The first-order chi connectivity index (χ1) is 16.5. The number of sulfonamides is 1. The van der Waals surface area contributed by atoms with Crippen LogP contribution >= 0.6 is 11.3 Å². The standard InChI is InChI=1S/C24H34N6O2S2/c25-13-3-4-14-26-23-20-6-1-2-7-21(20)29-24(30-23)27-16-18-9-11-19(12-10-18)17-28-34(31,32)22-8-5-15-33-22/h1-2,5-8,15,18-19,28H,3-4,9-14,16-17,25H2,(H2,26,27,29,30)/t18-,19-. The summed E-state index contributed by atoms with van der Waals surface area (Å²) in [4.78, 5) is 9.44. The Balaban J connectivity index is 1.27. The van der Waals surface area contributed by atoms with E-state index in [1.165, 1.54) is 11.3 Å². The van der Waals surface area contributed by atoms with E-state index in [4.69, 9.17) is 15.7 Å². The zero-order chi connectivity index (χ0) is 23.8. The van der Waals surface area contributed by atoms with Crippen LogP contribution in [0.4, 0.5) is 11.8 Å². The number of nitrogens with two attached hydrogens (primary N) is 1. The van der Waals surface area contributed by atoms with Crippen molar-refractivity contribution >= 4 is 44.0 Å². The van der Waals surface area contributed by atoms with E-state index in [0.717, 1.165) is 68.3 Å². The largest absolute Gasteiger partial charge is 0.369 e. The summed E-state index contributed by atoms with van der Waals surface area (Å²) in [5.41, 5.74) is 6.52. The van der Waals surface area contributed by atoms with Gasteiger partial charge in [-0.15, -0.1) is 11.3 Å². The molecule has 1 aliphatic rings. The maximum absolute atomic E-state index is 12.3. The van der Waals surface area contributed by atoms with E-state index < -0.39 is 10.0 Å². The summed E-state index contributed by atoms with van der Waals surface area (Å²) in [6.07, 6.45) is 6.16. The fourth-order valence-corrected chi connectivity index (χ4v) is 6.51. The summed E-state index contributed by atoms with van der Waals surface area (Å²) in [6.45, 7) is 2.85. The van der Waals surface area contributed by atoms with Crippen molar-refractivity contribution in [2.45, 2.75) is 42.7 Å². The van der Waals surface area contributed by atoms with Crippen LogP contribution in [0.2, 0.25) is 0 Å². The molecule has 5 N–H and O–H groups in total. The number of hydrogen-bond donors (Lipinski definition) is 4. The van der Waals surface area contributed by atoms with Crippen molar-refractivity contribution in [2.75, 3.05) is 36.8 Å². The predicted octanol–water partition coefficient (Wildman–Crippen LogP) is 4.04. The minimum Gasteiger partial charge on any atom is -0.369 e. The van der Waals surface area contributed by atoms with Gasteiger partial charge in [0.05, 0.1) is 5.52 Å². The molecule has 4 rings (SSSR count). The molecule has 0 saturated heterocycles. The zero-order valence-corrected chi connectivity index (χ0v) is 21.0. The molecular formula is C24H34N6O2S2. The van der Waals surface area contributed by atoms with E-state index in [1.807, 2.05) is 24.3 Å². The number of unbranched alkanes of at least 4 members (excludes halogenated alkanes) is 1. The number of rotatable bonds is 12. The Labute approximate surface area is 205 Å². The number of fused-ring (bicyclic) bond motifs is 1. The van der Waals surface area contributed by atoms with Gasteiger partial charge < -0.3 is 16.4 Å². The highest BCUT2D eigenvalue weighted by Gasteiger charge is 2.24. The number of hydrogen-bond acceptors (Lipinski definition) is 8. The van der Waals surface area contributed by atoms with Crippen LogP contribution in [0, 0.1) is 11.8 Å². The smallest absolute Gasteiger partial charge is 0.250 e. The van der Waals surface area contributed by atoms with Crippen LogP contribution in [-0.2, 0) is 10.0 Å². The third-order valence-electron chi connectivity index (χ3n) is 6.36. The molecule has 0 spiro atoms. The number of anilines is 2. The number of nitrogens with one attached hydrogen (secondary N) is 3. The Bertz CT molecular complexity index is 1150. The van der Waals surface area contributed by atoms with Crippen LogP contribution in [0.15, 0.2) is 46.0 Å². The first kappa shape index (κ1) is 24.8. The van der Waals surface area contributed by atoms with E-state index in [0.29, 0.717) is 35.1 Å². The second kappa shape index (κ2) is 11.9. The summed E-state index contributed by atoms with van der Waals surface area (Å²) in [5.74, 6) is 2.41. The monoisotopic (exact) mass is 502 g/mol. The van der Waals surface area contributed by atoms with Crippen LogP contribution in [0.3, 0.4) is 0 Å². The van der Waals surface area contributed by atoms with Crippen molar-refractivity contribution < 1.29 is 8.42 Å². The number of aromatic nitrogens is 2. The van der Waals surface area contributed by atoms with Crippen molar-refractivity contribution in [1.29, 1.82) is 0 Å². The first-order valence-corrected chi connectivity index (χ1v) is 14.4. The van der Waals surface area contributed by atoms with Gasteiger partial charge in [-0.1, -0.05) is 18.2 Å². The highest BCUT2D eigenvalue weighted by atomic mass is 32.2. The van der Waals surface area contributed by atoms with Gasteiger partial charge in [-0.3, -0.25) is 0 Å². The van der Waals surface area contributed by atoms with Gasteiger partial charge in [-0.25, -0.2) is 18.1 Å². The topological polar surface area (TPSA) is 122 Å². The zero-order valence-electron chi connectivity index (χ0n) is 19.4.